The van der Waals surface area contributed by atoms with E-state index >= 15 is 0 Å². The molecule has 18 heavy (non-hydrogen) atoms. The van der Waals surface area contributed by atoms with Crippen molar-refractivity contribution >= 4 is 0 Å². The summed E-state index contributed by atoms with van der Waals surface area (Å²) in [4.78, 5) is 0. The SMILES string of the molecule is CCNCc1cc(COCCCC(C)C)oc1C. The summed E-state index contributed by atoms with van der Waals surface area (Å²) >= 11 is 0. The van der Waals surface area contributed by atoms with E-state index in [1.54, 1.807) is 0 Å². The Morgan fingerprint density at radius 1 is 1.39 bits per heavy atom. The molecule has 1 aromatic rings. The van der Waals surface area contributed by atoms with Crippen molar-refractivity contribution in [3.63, 3.8) is 0 Å². The van der Waals surface area contributed by atoms with Gasteiger partial charge in [-0.15, -0.1) is 0 Å². The highest BCUT2D eigenvalue weighted by atomic mass is 16.5. The topological polar surface area (TPSA) is 34.4 Å². The van der Waals surface area contributed by atoms with Crippen LogP contribution in [0.4, 0.5) is 0 Å². The summed E-state index contributed by atoms with van der Waals surface area (Å²) in [5.41, 5.74) is 1.23. The second kappa shape index (κ2) is 8.33. The molecule has 0 aliphatic heterocycles. The van der Waals surface area contributed by atoms with Crippen molar-refractivity contribution < 1.29 is 9.15 Å². The lowest BCUT2D eigenvalue weighted by molar-refractivity contribution is 0.100. The quantitative estimate of drug-likeness (QED) is 0.682. The average molecular weight is 253 g/mol. The molecule has 1 aromatic heterocycles. The number of furan rings is 1. The van der Waals surface area contributed by atoms with Crippen molar-refractivity contribution in [2.45, 2.75) is 53.7 Å². The zero-order valence-corrected chi connectivity index (χ0v) is 12.2. The van der Waals surface area contributed by atoms with Crippen LogP contribution >= 0.6 is 0 Å². The third-order valence-electron chi connectivity index (χ3n) is 2.95. The number of hydrogen-bond donors (Lipinski definition) is 1. The van der Waals surface area contributed by atoms with E-state index in [9.17, 15) is 0 Å². The van der Waals surface area contributed by atoms with Crippen LogP contribution in [0.1, 0.15) is 50.7 Å². The van der Waals surface area contributed by atoms with Crippen LogP contribution in [0.3, 0.4) is 0 Å². The highest BCUT2D eigenvalue weighted by Crippen LogP contribution is 2.15. The molecule has 0 bridgehead atoms. The second-order valence-electron chi connectivity index (χ2n) is 5.16. The summed E-state index contributed by atoms with van der Waals surface area (Å²) < 4.78 is 11.3. The first kappa shape index (κ1) is 15.3. The molecule has 0 radical (unpaired) electrons. The van der Waals surface area contributed by atoms with E-state index in [1.165, 1.54) is 12.0 Å². The molecule has 0 amide bonds. The van der Waals surface area contributed by atoms with Crippen LogP contribution in [0.25, 0.3) is 0 Å². The normalized spacial score (nSPS) is 11.4. The molecular formula is C15H27NO2. The minimum atomic E-state index is 0.588. The monoisotopic (exact) mass is 253 g/mol. The number of aryl methyl sites for hydroxylation is 1. The van der Waals surface area contributed by atoms with Crippen LogP contribution < -0.4 is 5.32 Å². The van der Waals surface area contributed by atoms with E-state index in [2.05, 4.69) is 32.2 Å². The van der Waals surface area contributed by atoms with Gasteiger partial charge in [-0.3, -0.25) is 0 Å². The Morgan fingerprint density at radius 2 is 2.17 bits per heavy atom. The Kier molecular flexibility index (Phi) is 7.06. The number of ether oxygens (including phenoxy) is 1. The maximum absolute atomic E-state index is 5.67. The highest BCUT2D eigenvalue weighted by Gasteiger charge is 2.06. The maximum Gasteiger partial charge on any atom is 0.130 e. The molecule has 3 heteroatoms. The van der Waals surface area contributed by atoms with E-state index in [1.807, 2.05) is 6.92 Å². The van der Waals surface area contributed by atoms with Gasteiger partial charge in [-0.2, -0.15) is 0 Å². The Bertz CT molecular complexity index is 331. The number of hydrogen-bond acceptors (Lipinski definition) is 3. The van der Waals surface area contributed by atoms with Gasteiger partial charge in [0.15, 0.2) is 0 Å². The van der Waals surface area contributed by atoms with Gasteiger partial charge in [0.1, 0.15) is 18.1 Å². The highest BCUT2D eigenvalue weighted by molar-refractivity contribution is 5.20. The average Bonchev–Trinajstić information content (AvgIpc) is 2.66. The van der Waals surface area contributed by atoms with Gasteiger partial charge in [-0.05, 0) is 38.3 Å². The van der Waals surface area contributed by atoms with E-state index < -0.39 is 0 Å². The van der Waals surface area contributed by atoms with E-state index in [0.29, 0.717) is 6.61 Å². The minimum Gasteiger partial charge on any atom is -0.464 e. The molecule has 1 N–H and O–H groups in total. The summed E-state index contributed by atoms with van der Waals surface area (Å²) in [5.74, 6) is 2.69. The minimum absolute atomic E-state index is 0.588. The summed E-state index contributed by atoms with van der Waals surface area (Å²) in [5, 5.41) is 3.31. The van der Waals surface area contributed by atoms with Gasteiger partial charge in [0.05, 0.1) is 0 Å². The largest absolute Gasteiger partial charge is 0.464 e. The summed E-state index contributed by atoms with van der Waals surface area (Å²) in [6.45, 7) is 11.9. The molecule has 0 aliphatic rings. The van der Waals surface area contributed by atoms with Crippen molar-refractivity contribution in [1.82, 2.24) is 5.32 Å². The van der Waals surface area contributed by atoms with Crippen LogP contribution in [0, 0.1) is 12.8 Å². The third kappa shape index (κ3) is 5.69. The Morgan fingerprint density at radius 3 is 2.83 bits per heavy atom. The lowest BCUT2D eigenvalue weighted by atomic mass is 10.1. The van der Waals surface area contributed by atoms with Gasteiger partial charge in [0.2, 0.25) is 0 Å². The fraction of sp³-hybridized carbons (Fsp3) is 0.733. The summed E-state index contributed by atoms with van der Waals surface area (Å²) in [6, 6.07) is 2.10. The first-order valence-electron chi connectivity index (χ1n) is 7.00. The first-order chi connectivity index (χ1) is 8.63. The van der Waals surface area contributed by atoms with Crippen molar-refractivity contribution in [3.8, 4) is 0 Å². The van der Waals surface area contributed by atoms with Crippen LogP contribution in [-0.2, 0) is 17.9 Å². The van der Waals surface area contributed by atoms with Crippen LogP contribution in [0.15, 0.2) is 10.5 Å². The predicted molar refractivity (Wildman–Crippen MR) is 74.6 cm³/mol. The molecule has 0 atom stereocenters. The lowest BCUT2D eigenvalue weighted by Crippen LogP contribution is -2.11. The van der Waals surface area contributed by atoms with Gasteiger partial charge >= 0.3 is 0 Å². The van der Waals surface area contributed by atoms with Crippen LogP contribution in [0.2, 0.25) is 0 Å². The van der Waals surface area contributed by atoms with Crippen LogP contribution in [-0.4, -0.2) is 13.2 Å². The molecule has 0 saturated carbocycles. The zero-order valence-electron chi connectivity index (χ0n) is 12.2. The van der Waals surface area contributed by atoms with Crippen molar-refractivity contribution in [2.24, 2.45) is 5.92 Å². The molecule has 3 nitrogen and oxygen atoms in total. The van der Waals surface area contributed by atoms with Crippen molar-refractivity contribution in [1.29, 1.82) is 0 Å². The molecular weight excluding hydrogens is 226 g/mol. The van der Waals surface area contributed by atoms with Gasteiger partial charge < -0.3 is 14.5 Å². The zero-order chi connectivity index (χ0) is 13.4. The predicted octanol–water partition coefficient (Wildman–Crippen LogP) is 3.65. The Labute approximate surface area is 111 Å². The molecule has 104 valence electrons. The smallest absolute Gasteiger partial charge is 0.130 e. The molecule has 0 aromatic carbocycles. The molecule has 0 unspecified atom stereocenters. The summed E-state index contributed by atoms with van der Waals surface area (Å²) in [7, 11) is 0. The fourth-order valence-electron chi connectivity index (χ4n) is 1.86. The standard InChI is InChI=1S/C15H27NO2/c1-5-16-10-14-9-15(18-13(14)4)11-17-8-6-7-12(2)3/h9,12,16H,5-8,10-11H2,1-4H3. The summed E-state index contributed by atoms with van der Waals surface area (Å²) in [6.07, 6.45) is 2.35. The van der Waals surface area contributed by atoms with Crippen molar-refractivity contribution in [2.75, 3.05) is 13.2 Å². The van der Waals surface area contributed by atoms with Crippen molar-refractivity contribution in [3.05, 3.63) is 23.2 Å². The van der Waals surface area contributed by atoms with E-state index in [4.69, 9.17) is 9.15 Å². The number of rotatable bonds is 9. The maximum atomic E-state index is 5.67. The fourth-order valence-corrected chi connectivity index (χ4v) is 1.86. The van der Waals surface area contributed by atoms with E-state index in [-0.39, 0.29) is 0 Å². The van der Waals surface area contributed by atoms with E-state index in [0.717, 1.165) is 43.6 Å². The number of nitrogens with one attached hydrogen (secondary N) is 1. The molecule has 0 fully saturated rings. The second-order valence-corrected chi connectivity index (χ2v) is 5.16. The third-order valence-corrected chi connectivity index (χ3v) is 2.95. The lowest BCUT2D eigenvalue weighted by Gasteiger charge is -2.04. The van der Waals surface area contributed by atoms with Gasteiger partial charge in [-0.1, -0.05) is 20.8 Å². The molecule has 1 heterocycles. The Balaban J connectivity index is 2.25. The van der Waals surface area contributed by atoms with Gasteiger partial charge in [-0.25, -0.2) is 0 Å². The van der Waals surface area contributed by atoms with Gasteiger partial charge in [0, 0.05) is 18.7 Å². The van der Waals surface area contributed by atoms with Gasteiger partial charge in [0.25, 0.3) is 0 Å². The molecule has 1 rings (SSSR count). The Hall–Kier alpha value is -0.800. The first-order valence-corrected chi connectivity index (χ1v) is 7.00. The molecule has 0 spiro atoms. The van der Waals surface area contributed by atoms with Crippen LogP contribution in [0.5, 0.6) is 0 Å². The molecule has 0 aliphatic carbocycles. The molecule has 0 saturated heterocycles.